The molecule has 43 heavy (non-hydrogen) atoms. The highest BCUT2D eigenvalue weighted by atomic mass is 15.2. The lowest BCUT2D eigenvalue weighted by Crippen LogP contribution is -2.46. The summed E-state index contributed by atoms with van der Waals surface area (Å²) in [5, 5.41) is 0. The van der Waals surface area contributed by atoms with E-state index in [1.54, 1.807) is 0 Å². The third kappa shape index (κ3) is 4.71. The first-order valence-corrected chi connectivity index (χ1v) is 15.4. The molecule has 3 aromatic heterocycles. The first-order chi connectivity index (χ1) is 20.5. The molecule has 3 aromatic carbocycles. The third-order valence-electron chi connectivity index (χ3n) is 9.43. The number of aromatic nitrogens is 5. The summed E-state index contributed by atoms with van der Waals surface area (Å²) in [5.41, 5.74) is 8.53. The summed E-state index contributed by atoms with van der Waals surface area (Å²) in [5.74, 6) is 1.67. The zero-order valence-electron chi connectivity index (χ0n) is 26.7. The zero-order chi connectivity index (χ0) is 30.5. The van der Waals surface area contributed by atoms with Crippen LogP contribution in [-0.4, -0.2) is 19.1 Å². The van der Waals surface area contributed by atoms with Gasteiger partial charge in [0.2, 0.25) is 6.33 Å². The number of benzene rings is 3. The van der Waals surface area contributed by atoms with Crippen LogP contribution in [0.15, 0.2) is 97.3 Å². The first kappa shape index (κ1) is 28.7. The summed E-state index contributed by atoms with van der Waals surface area (Å²) in [6.45, 7) is 18.3. The Morgan fingerprint density at radius 1 is 0.767 bits per heavy atom. The van der Waals surface area contributed by atoms with Crippen molar-refractivity contribution in [2.75, 3.05) is 0 Å². The van der Waals surface area contributed by atoms with E-state index in [9.17, 15) is 0 Å². The van der Waals surface area contributed by atoms with Crippen molar-refractivity contribution in [2.45, 2.75) is 78.2 Å². The van der Waals surface area contributed by atoms with Crippen LogP contribution in [0.3, 0.4) is 0 Å². The molecule has 0 amide bonds. The minimum Gasteiger partial charge on any atom is -0.359 e. The second-order valence-electron chi connectivity index (χ2n) is 13.3. The minimum atomic E-state index is -0.392. The average Bonchev–Trinajstić information content (AvgIpc) is 3.76. The number of imidazole rings is 2. The number of nitrogens with one attached hydrogen (secondary N) is 1. The maximum atomic E-state index is 5.44. The predicted molar refractivity (Wildman–Crippen MR) is 176 cm³/mol. The minimum absolute atomic E-state index is 0.370. The van der Waals surface area contributed by atoms with Gasteiger partial charge in [-0.05, 0) is 62.8 Å². The molecule has 5 heteroatoms. The summed E-state index contributed by atoms with van der Waals surface area (Å²) in [6, 6.07) is 29.9. The topological polar surface area (TPSA) is 42.4 Å². The fourth-order valence-corrected chi connectivity index (χ4v) is 6.14. The Kier molecular flexibility index (Phi) is 7.16. The molecular weight excluding hydrogens is 526 g/mol. The number of hydrogen-bond acceptors (Lipinski definition) is 1. The number of rotatable bonds is 8. The number of hydrogen-bond donors (Lipinski definition) is 1. The Labute approximate surface area is 255 Å². The van der Waals surface area contributed by atoms with Crippen molar-refractivity contribution in [1.82, 2.24) is 19.1 Å². The molecule has 0 fully saturated rings. The van der Waals surface area contributed by atoms with Crippen molar-refractivity contribution >= 4 is 11.0 Å². The van der Waals surface area contributed by atoms with Gasteiger partial charge in [0.15, 0.2) is 5.82 Å². The van der Waals surface area contributed by atoms with Gasteiger partial charge < -0.3 is 14.1 Å². The van der Waals surface area contributed by atoms with Gasteiger partial charge in [-0.25, -0.2) is 4.98 Å². The summed E-state index contributed by atoms with van der Waals surface area (Å²) in [4.78, 5) is 8.88. The fraction of sp³-hybridized carbons (Fsp3) is 0.316. The van der Waals surface area contributed by atoms with Gasteiger partial charge in [0.05, 0.1) is 39.3 Å². The van der Waals surface area contributed by atoms with Gasteiger partial charge in [-0.1, -0.05) is 100 Å². The van der Waals surface area contributed by atoms with Crippen LogP contribution in [0, 0.1) is 6.33 Å². The standard InChI is InChI=1S/C38H43N5/c1-26(2)29-18-14-19-30(27(3)4)35(29)41-24-34(40-36(41)31-20-15-23-39-31)37(5,6)38(7,8)43-25-42(28-16-10-9-11-17-28)32-21-12-13-22-33(32)43/h9-24,26-27,39H,1-8H3. The zero-order valence-corrected chi connectivity index (χ0v) is 26.7. The molecule has 1 N–H and O–H groups in total. The lowest BCUT2D eigenvalue weighted by atomic mass is 9.72. The number of H-pyrrole nitrogens is 1. The Morgan fingerprint density at radius 2 is 1.42 bits per heavy atom. The van der Waals surface area contributed by atoms with Crippen molar-refractivity contribution in [2.24, 2.45) is 0 Å². The van der Waals surface area contributed by atoms with Gasteiger partial charge in [0, 0.05) is 17.8 Å². The molecule has 0 aliphatic carbocycles. The first-order valence-electron chi connectivity index (χ1n) is 15.4. The highest BCUT2D eigenvalue weighted by Gasteiger charge is 2.45. The molecule has 0 spiro atoms. The highest BCUT2D eigenvalue weighted by molar-refractivity contribution is 5.73. The third-order valence-corrected chi connectivity index (χ3v) is 9.43. The number of para-hydroxylation sites is 4. The molecule has 0 unspecified atom stereocenters. The van der Waals surface area contributed by atoms with Crippen molar-refractivity contribution in [1.29, 1.82) is 0 Å². The molecule has 0 atom stereocenters. The summed E-state index contributed by atoms with van der Waals surface area (Å²) in [7, 11) is 0. The van der Waals surface area contributed by atoms with Crippen molar-refractivity contribution < 1.29 is 4.57 Å². The van der Waals surface area contributed by atoms with Gasteiger partial charge >= 0.3 is 0 Å². The predicted octanol–water partition coefficient (Wildman–Crippen LogP) is 8.86. The molecule has 0 aliphatic rings. The fourth-order valence-electron chi connectivity index (χ4n) is 6.14. The SMILES string of the molecule is CC(C)c1cccc(C(C)C)c1-n1cc(C(C)(C)C(C)(C)n2[c-][n+](-c3ccccc3)c3ccccc32)nc1-c1ccc[nH]1. The monoisotopic (exact) mass is 569 g/mol. The van der Waals surface area contributed by atoms with Gasteiger partial charge in [-0.3, -0.25) is 4.57 Å². The van der Waals surface area contributed by atoms with Crippen LogP contribution in [0.2, 0.25) is 0 Å². The van der Waals surface area contributed by atoms with Crippen LogP contribution in [0.5, 0.6) is 0 Å². The van der Waals surface area contributed by atoms with E-state index < -0.39 is 5.54 Å². The van der Waals surface area contributed by atoms with E-state index in [0.717, 1.165) is 33.9 Å². The molecule has 0 radical (unpaired) electrons. The van der Waals surface area contributed by atoms with Crippen LogP contribution >= 0.6 is 0 Å². The van der Waals surface area contributed by atoms with Crippen molar-refractivity contribution in [3.8, 4) is 22.9 Å². The van der Waals surface area contributed by atoms with Crippen LogP contribution in [0.1, 0.15) is 84.0 Å². The maximum absolute atomic E-state index is 5.44. The smallest absolute Gasteiger partial charge is 0.244 e. The molecule has 3 heterocycles. The van der Waals surface area contributed by atoms with Crippen molar-refractivity contribution in [3.05, 3.63) is 120 Å². The average molecular weight is 570 g/mol. The quantitative estimate of drug-likeness (QED) is 0.144. The lowest BCUT2D eigenvalue weighted by molar-refractivity contribution is -0.573. The summed E-state index contributed by atoms with van der Waals surface area (Å²) < 4.78 is 6.82. The molecule has 0 saturated carbocycles. The van der Waals surface area contributed by atoms with Crippen LogP contribution < -0.4 is 4.57 Å². The van der Waals surface area contributed by atoms with Gasteiger partial charge in [0.25, 0.3) is 0 Å². The Hall–Kier alpha value is -4.38. The van der Waals surface area contributed by atoms with Crippen molar-refractivity contribution in [3.63, 3.8) is 0 Å². The number of nitrogens with zero attached hydrogens (tertiary/aromatic N) is 4. The molecule has 0 aliphatic heterocycles. The van der Waals surface area contributed by atoms with E-state index in [4.69, 9.17) is 4.98 Å². The van der Waals surface area contributed by atoms with E-state index >= 15 is 0 Å². The number of fused-ring (bicyclic) bond motifs is 1. The molecule has 0 saturated heterocycles. The Bertz CT molecular complexity index is 1840. The van der Waals surface area contributed by atoms with E-state index in [-0.39, 0.29) is 5.41 Å². The summed E-state index contributed by atoms with van der Waals surface area (Å²) >= 11 is 0. The second-order valence-corrected chi connectivity index (χ2v) is 13.3. The van der Waals surface area contributed by atoms with Crippen LogP contribution in [-0.2, 0) is 11.0 Å². The highest BCUT2D eigenvalue weighted by Crippen LogP contribution is 2.43. The molecular formula is C38H43N5. The molecule has 0 bridgehead atoms. The van der Waals surface area contributed by atoms with Gasteiger partial charge in [-0.2, -0.15) is 0 Å². The molecule has 5 nitrogen and oxygen atoms in total. The second kappa shape index (κ2) is 10.7. The van der Waals surface area contributed by atoms with Gasteiger partial charge in [0.1, 0.15) is 0 Å². The van der Waals surface area contributed by atoms with E-state index in [2.05, 4.69) is 165 Å². The van der Waals surface area contributed by atoms with E-state index in [1.165, 1.54) is 16.8 Å². The largest absolute Gasteiger partial charge is 0.359 e. The lowest BCUT2D eigenvalue weighted by Gasteiger charge is -2.39. The Balaban J connectivity index is 1.57. The maximum Gasteiger partial charge on any atom is 0.244 e. The van der Waals surface area contributed by atoms with E-state index in [1.807, 2.05) is 12.3 Å². The Morgan fingerprint density at radius 3 is 2.05 bits per heavy atom. The molecule has 6 rings (SSSR count). The van der Waals surface area contributed by atoms with Crippen LogP contribution in [0.25, 0.3) is 33.9 Å². The molecule has 220 valence electrons. The van der Waals surface area contributed by atoms with Gasteiger partial charge in [-0.15, -0.1) is 0 Å². The van der Waals surface area contributed by atoms with E-state index in [0.29, 0.717) is 11.8 Å². The summed E-state index contributed by atoms with van der Waals surface area (Å²) in [6.07, 6.45) is 8.00. The number of aromatic amines is 1. The van der Waals surface area contributed by atoms with Crippen LogP contribution in [0.4, 0.5) is 0 Å². The molecule has 6 aromatic rings. The normalized spacial score (nSPS) is 12.6.